The van der Waals surface area contributed by atoms with Crippen LogP contribution in [0.5, 0.6) is 5.75 Å². The minimum atomic E-state index is -0.206. The maximum Gasteiger partial charge on any atom is 0.308 e. The zero-order chi connectivity index (χ0) is 13.4. The summed E-state index contributed by atoms with van der Waals surface area (Å²) in [6.07, 6.45) is 0.638. The standard InChI is InChI=1S/C12H16O3.C2H6/c1-8-7-11(13)5-4-10(8)6-9(2)12(14)15-3;1-2/h4-5,7,9,13H,6H2,1-3H3;1-2H3. The molecular weight excluding hydrogens is 216 g/mol. The summed E-state index contributed by atoms with van der Waals surface area (Å²) in [5, 5.41) is 9.24. The Morgan fingerprint density at radius 3 is 2.47 bits per heavy atom. The average Bonchev–Trinajstić information content (AvgIpc) is 2.34. The predicted octanol–water partition coefficient (Wildman–Crippen LogP) is 3.08. The number of aromatic hydroxyl groups is 1. The van der Waals surface area contributed by atoms with Crippen LogP contribution in [0.3, 0.4) is 0 Å². The molecule has 0 amide bonds. The second kappa shape index (κ2) is 7.71. The van der Waals surface area contributed by atoms with Gasteiger partial charge in [0.25, 0.3) is 0 Å². The van der Waals surface area contributed by atoms with Crippen molar-refractivity contribution in [3.63, 3.8) is 0 Å². The maximum atomic E-state index is 11.2. The Balaban J connectivity index is 0.00000121. The van der Waals surface area contributed by atoms with Gasteiger partial charge in [0.15, 0.2) is 0 Å². The molecule has 1 rings (SSSR count). The fourth-order valence-corrected chi connectivity index (χ4v) is 1.52. The Morgan fingerprint density at radius 1 is 1.41 bits per heavy atom. The summed E-state index contributed by atoms with van der Waals surface area (Å²) in [6.45, 7) is 7.75. The first kappa shape index (κ1) is 15.5. The monoisotopic (exact) mass is 238 g/mol. The van der Waals surface area contributed by atoms with Crippen molar-refractivity contribution in [1.82, 2.24) is 0 Å². The molecule has 17 heavy (non-hydrogen) atoms. The molecule has 0 saturated heterocycles. The molecule has 1 atom stereocenters. The molecule has 1 aromatic carbocycles. The molecule has 0 spiro atoms. The lowest BCUT2D eigenvalue weighted by Gasteiger charge is -2.11. The summed E-state index contributed by atoms with van der Waals surface area (Å²) in [7, 11) is 1.39. The van der Waals surface area contributed by atoms with E-state index in [1.807, 2.05) is 33.8 Å². The number of aryl methyl sites for hydroxylation is 1. The van der Waals surface area contributed by atoms with Gasteiger partial charge in [-0.3, -0.25) is 4.79 Å². The molecule has 1 N–H and O–H groups in total. The predicted molar refractivity (Wildman–Crippen MR) is 69.1 cm³/mol. The number of methoxy groups -OCH3 is 1. The molecule has 0 aromatic heterocycles. The van der Waals surface area contributed by atoms with Crippen molar-refractivity contribution in [1.29, 1.82) is 0 Å². The molecule has 0 heterocycles. The lowest BCUT2D eigenvalue weighted by atomic mass is 9.97. The van der Waals surface area contributed by atoms with Crippen molar-refractivity contribution in [2.24, 2.45) is 5.92 Å². The molecule has 0 radical (unpaired) electrons. The largest absolute Gasteiger partial charge is 0.508 e. The van der Waals surface area contributed by atoms with Crippen molar-refractivity contribution in [3.8, 4) is 5.75 Å². The summed E-state index contributed by atoms with van der Waals surface area (Å²) in [5.41, 5.74) is 2.05. The Morgan fingerprint density at radius 2 is 2.00 bits per heavy atom. The molecule has 0 fully saturated rings. The molecule has 0 saturated carbocycles. The number of phenols is 1. The van der Waals surface area contributed by atoms with E-state index in [0.717, 1.165) is 11.1 Å². The Bertz CT molecular complexity index is 358. The first-order chi connectivity index (χ1) is 8.04. The van der Waals surface area contributed by atoms with Gasteiger partial charge < -0.3 is 9.84 Å². The smallest absolute Gasteiger partial charge is 0.308 e. The van der Waals surface area contributed by atoms with Crippen LogP contribution in [0.25, 0.3) is 0 Å². The Hall–Kier alpha value is -1.51. The topological polar surface area (TPSA) is 46.5 Å². The van der Waals surface area contributed by atoms with Gasteiger partial charge in [0, 0.05) is 0 Å². The first-order valence-corrected chi connectivity index (χ1v) is 5.91. The number of carbonyl (C=O) groups is 1. The molecule has 0 aliphatic rings. The van der Waals surface area contributed by atoms with Crippen molar-refractivity contribution in [2.45, 2.75) is 34.1 Å². The van der Waals surface area contributed by atoms with E-state index in [0.29, 0.717) is 6.42 Å². The van der Waals surface area contributed by atoms with Crippen LogP contribution in [0, 0.1) is 12.8 Å². The van der Waals surface area contributed by atoms with Gasteiger partial charge >= 0.3 is 5.97 Å². The van der Waals surface area contributed by atoms with E-state index in [-0.39, 0.29) is 17.6 Å². The van der Waals surface area contributed by atoms with Gasteiger partial charge in [-0.1, -0.05) is 26.8 Å². The van der Waals surface area contributed by atoms with E-state index < -0.39 is 0 Å². The van der Waals surface area contributed by atoms with Gasteiger partial charge in [-0.25, -0.2) is 0 Å². The molecule has 1 aromatic rings. The third-order valence-corrected chi connectivity index (χ3v) is 2.46. The van der Waals surface area contributed by atoms with Crippen molar-refractivity contribution in [2.75, 3.05) is 7.11 Å². The second-order valence-electron chi connectivity index (χ2n) is 3.74. The van der Waals surface area contributed by atoms with Crippen LogP contribution in [0.1, 0.15) is 31.9 Å². The van der Waals surface area contributed by atoms with Gasteiger partial charge in [-0.2, -0.15) is 0 Å². The van der Waals surface area contributed by atoms with Crippen molar-refractivity contribution < 1.29 is 14.6 Å². The highest BCUT2D eigenvalue weighted by Crippen LogP contribution is 2.19. The fraction of sp³-hybridized carbons (Fsp3) is 0.500. The van der Waals surface area contributed by atoms with Crippen LogP contribution in [-0.4, -0.2) is 18.2 Å². The van der Waals surface area contributed by atoms with Gasteiger partial charge in [-0.15, -0.1) is 0 Å². The van der Waals surface area contributed by atoms with Crippen LogP contribution in [0.15, 0.2) is 18.2 Å². The average molecular weight is 238 g/mol. The lowest BCUT2D eigenvalue weighted by molar-refractivity contribution is -0.144. The van der Waals surface area contributed by atoms with E-state index >= 15 is 0 Å². The summed E-state index contributed by atoms with van der Waals surface area (Å²) in [4.78, 5) is 11.2. The molecule has 0 bridgehead atoms. The molecule has 96 valence electrons. The Labute approximate surface area is 103 Å². The highest BCUT2D eigenvalue weighted by Gasteiger charge is 2.14. The van der Waals surface area contributed by atoms with Crippen LogP contribution < -0.4 is 0 Å². The van der Waals surface area contributed by atoms with E-state index in [1.165, 1.54) is 7.11 Å². The zero-order valence-corrected chi connectivity index (χ0v) is 11.3. The van der Waals surface area contributed by atoms with Crippen LogP contribution in [0.4, 0.5) is 0 Å². The fourth-order valence-electron chi connectivity index (χ4n) is 1.52. The summed E-state index contributed by atoms with van der Waals surface area (Å²) in [5.74, 6) is -0.109. The number of hydrogen-bond acceptors (Lipinski definition) is 3. The number of rotatable bonds is 3. The number of hydrogen-bond donors (Lipinski definition) is 1. The normalized spacial score (nSPS) is 11.1. The lowest BCUT2D eigenvalue weighted by Crippen LogP contribution is -2.15. The number of carbonyl (C=O) groups excluding carboxylic acids is 1. The first-order valence-electron chi connectivity index (χ1n) is 5.91. The van der Waals surface area contributed by atoms with E-state index in [2.05, 4.69) is 4.74 Å². The van der Waals surface area contributed by atoms with Crippen LogP contribution >= 0.6 is 0 Å². The van der Waals surface area contributed by atoms with Gasteiger partial charge in [0.1, 0.15) is 5.75 Å². The molecule has 3 heteroatoms. The maximum absolute atomic E-state index is 11.2. The van der Waals surface area contributed by atoms with E-state index in [1.54, 1.807) is 12.1 Å². The van der Waals surface area contributed by atoms with Crippen molar-refractivity contribution >= 4 is 5.97 Å². The van der Waals surface area contributed by atoms with E-state index in [4.69, 9.17) is 0 Å². The molecule has 3 nitrogen and oxygen atoms in total. The zero-order valence-electron chi connectivity index (χ0n) is 11.3. The number of benzene rings is 1. The Kier molecular flexibility index (Phi) is 7.03. The van der Waals surface area contributed by atoms with Crippen LogP contribution in [0.2, 0.25) is 0 Å². The quantitative estimate of drug-likeness (QED) is 0.823. The minimum absolute atomic E-state index is 0.154. The van der Waals surface area contributed by atoms with Crippen LogP contribution in [-0.2, 0) is 16.0 Å². The molecule has 0 aliphatic heterocycles. The second-order valence-corrected chi connectivity index (χ2v) is 3.74. The highest BCUT2D eigenvalue weighted by atomic mass is 16.5. The van der Waals surface area contributed by atoms with Gasteiger partial charge in [0.2, 0.25) is 0 Å². The van der Waals surface area contributed by atoms with Crippen molar-refractivity contribution in [3.05, 3.63) is 29.3 Å². The summed E-state index contributed by atoms with van der Waals surface area (Å²) < 4.78 is 4.66. The van der Waals surface area contributed by atoms with Gasteiger partial charge in [0.05, 0.1) is 13.0 Å². The SMILES string of the molecule is CC.COC(=O)C(C)Cc1ccc(O)cc1C. The summed E-state index contributed by atoms with van der Waals surface area (Å²) >= 11 is 0. The highest BCUT2D eigenvalue weighted by molar-refractivity contribution is 5.72. The van der Waals surface area contributed by atoms with Gasteiger partial charge in [-0.05, 0) is 36.6 Å². The third-order valence-electron chi connectivity index (χ3n) is 2.46. The molecular formula is C14H22O3. The molecule has 0 aliphatic carbocycles. The molecule has 1 unspecified atom stereocenters. The number of esters is 1. The van der Waals surface area contributed by atoms with E-state index in [9.17, 15) is 9.90 Å². The third kappa shape index (κ3) is 4.89. The number of phenolic OH excluding ortho intramolecular Hbond substituents is 1. The minimum Gasteiger partial charge on any atom is -0.508 e. The number of ether oxygens (including phenoxy) is 1. The summed E-state index contributed by atoms with van der Waals surface area (Å²) in [6, 6.07) is 5.16.